The molecule has 1 unspecified atom stereocenters. The number of nitrogens with zero attached hydrogens (tertiary/aromatic N) is 11. The zero-order valence-electron chi connectivity index (χ0n) is 71.1. The molecule has 13 aromatic rings. The summed E-state index contributed by atoms with van der Waals surface area (Å²) in [6, 6.07) is 55.9. The van der Waals surface area contributed by atoms with E-state index in [9.17, 15) is 0 Å². The van der Waals surface area contributed by atoms with E-state index in [1.54, 1.807) is 0 Å². The molecule has 15 nitrogen and oxygen atoms in total. The van der Waals surface area contributed by atoms with Crippen molar-refractivity contribution in [3.8, 4) is 22.5 Å². The molecule has 2 atom stereocenters. The van der Waals surface area contributed by atoms with E-state index in [-0.39, 0.29) is 33.2 Å². The van der Waals surface area contributed by atoms with E-state index in [2.05, 4.69) is 399 Å². The third-order valence-electron chi connectivity index (χ3n) is 25.1. The minimum Gasteiger partial charge on any atom is -0.457 e. The van der Waals surface area contributed by atoms with Crippen molar-refractivity contribution in [2.24, 2.45) is 19.5 Å². The number of hydrogen-bond donors (Lipinski definition) is 0. The molecular weight excluding hydrogens is 1410 g/mol. The lowest BCUT2D eigenvalue weighted by atomic mass is 9.57. The smallest absolute Gasteiger partial charge is 0.421 e. The fourth-order valence-electron chi connectivity index (χ4n) is 18.9. The van der Waals surface area contributed by atoms with Gasteiger partial charge in [0.05, 0.1) is 20.3 Å². The maximum atomic E-state index is 6.19. The number of aryl methyl sites for hydroxylation is 2. The molecule has 1 saturated heterocycles. The molecule has 6 aliphatic rings. The maximum absolute atomic E-state index is 6.19. The van der Waals surface area contributed by atoms with Gasteiger partial charge >= 0.3 is 27.7 Å². The molecule has 0 aliphatic carbocycles. The molecule has 0 spiro atoms. The molecule has 115 heavy (non-hydrogen) atoms. The second kappa shape index (κ2) is 30.6. The van der Waals surface area contributed by atoms with Crippen LogP contribution in [0.5, 0.6) is 0 Å². The summed E-state index contributed by atoms with van der Waals surface area (Å²) in [7, 11) is 14.9. The highest BCUT2D eigenvalue weighted by Crippen LogP contribution is 2.47. The van der Waals surface area contributed by atoms with Crippen molar-refractivity contribution in [2.75, 3.05) is 35.2 Å². The summed E-state index contributed by atoms with van der Waals surface area (Å²) in [6.45, 7) is 33.0. The van der Waals surface area contributed by atoms with Crippen LogP contribution in [0.3, 0.4) is 0 Å². The summed E-state index contributed by atoms with van der Waals surface area (Å²) in [5, 5.41) is 9.46. The second-order valence-corrected chi connectivity index (χ2v) is 35.2. The van der Waals surface area contributed by atoms with Gasteiger partial charge in [-0.15, -0.1) is 0 Å². The van der Waals surface area contributed by atoms with Gasteiger partial charge in [-0.3, -0.25) is 0 Å². The molecule has 1 fully saturated rings. The molecule has 19 rings (SSSR count). The van der Waals surface area contributed by atoms with Crippen LogP contribution < -0.4 is 63.1 Å². The lowest BCUT2D eigenvalue weighted by Crippen LogP contribution is -2.62. The minimum absolute atomic E-state index is 0.0531. The van der Waals surface area contributed by atoms with Crippen LogP contribution in [0.2, 0.25) is 0 Å². The van der Waals surface area contributed by atoms with E-state index in [1.165, 1.54) is 99.7 Å². The summed E-state index contributed by atoms with van der Waals surface area (Å²) < 4.78 is 33.8. The Bertz CT molecular complexity index is 6400. The van der Waals surface area contributed by atoms with Gasteiger partial charge in [-0.25, -0.2) is 18.3 Å². The third-order valence-corrected chi connectivity index (χ3v) is 25.1. The SMILES string of the molecule is CC(C)c1cc(-c2ccccc2)cc(C(C)C)c1-n1cc[n+](C)c1B1C=c2c(oc3ccccc23)=CN1C.CC(C)c1cccc(C(C)C)c1-n1cc[n+](C)c1B1C=c2c(oc3ccccc23)=CN1C.CC1N(B2C=c3oc4ccccc4c3=CN2C)C(C)(C)CC1(C)C.C[C@H]1N(C)C=CN1B1C=c2c(oc3ccccc23)=CN1C. The van der Waals surface area contributed by atoms with Gasteiger partial charge in [0.15, 0.2) is 0 Å². The van der Waals surface area contributed by atoms with Crippen molar-refractivity contribution in [3.05, 3.63) is 260 Å². The van der Waals surface area contributed by atoms with E-state index in [0.717, 1.165) is 49.4 Å². The first-order valence-corrected chi connectivity index (χ1v) is 41.2. The molecule has 0 bridgehead atoms. The third kappa shape index (κ3) is 14.2. The van der Waals surface area contributed by atoms with Gasteiger partial charge in [-0.05, 0) is 151 Å². The van der Waals surface area contributed by atoms with E-state index in [1.807, 2.05) is 42.5 Å². The van der Waals surface area contributed by atoms with Crippen LogP contribution in [-0.4, -0.2) is 124 Å². The number of fused-ring (bicyclic) bond motifs is 12. The molecule has 7 aromatic carbocycles. The van der Waals surface area contributed by atoms with E-state index in [0.29, 0.717) is 41.3 Å². The molecule has 0 radical (unpaired) electrons. The molecule has 19 heteroatoms. The largest absolute Gasteiger partial charge is 0.457 e. The molecule has 6 aromatic heterocycles. The molecule has 584 valence electrons. The highest BCUT2D eigenvalue weighted by Gasteiger charge is 2.53. The summed E-state index contributed by atoms with van der Waals surface area (Å²) >= 11 is 0. The van der Waals surface area contributed by atoms with Crippen molar-refractivity contribution in [2.45, 2.75) is 145 Å². The number of benzene rings is 7. The first kappa shape index (κ1) is 77.8. The highest BCUT2D eigenvalue weighted by molar-refractivity contribution is 6.82. The zero-order chi connectivity index (χ0) is 81.0. The average molecular weight is 1530 g/mol. The van der Waals surface area contributed by atoms with Crippen molar-refractivity contribution in [3.63, 3.8) is 0 Å². The van der Waals surface area contributed by atoms with E-state index >= 15 is 0 Å². The van der Waals surface area contributed by atoms with Gasteiger partial charge in [0, 0.05) is 114 Å². The topological polar surface area (TPSA) is 92.9 Å². The van der Waals surface area contributed by atoms with Crippen LogP contribution in [0.1, 0.15) is 149 Å². The summed E-state index contributed by atoms with van der Waals surface area (Å²) in [5.41, 5.74) is 21.2. The average Bonchev–Trinajstić information content (AvgIpc) is 1.60. The predicted molar refractivity (Wildman–Crippen MR) is 479 cm³/mol. The van der Waals surface area contributed by atoms with Gasteiger partial charge in [-0.1, -0.05) is 208 Å². The molecular formula is C96H111B4N11O4+2. The molecule has 12 heterocycles. The van der Waals surface area contributed by atoms with Gasteiger partial charge < -0.3 is 51.4 Å². The Balaban J connectivity index is 0.000000118. The van der Waals surface area contributed by atoms with Crippen LogP contribution in [0.4, 0.5) is 0 Å². The van der Waals surface area contributed by atoms with Crippen LogP contribution in [-0.2, 0) is 14.1 Å². The van der Waals surface area contributed by atoms with Crippen LogP contribution in [0, 0.1) is 5.41 Å². The van der Waals surface area contributed by atoms with Crippen LogP contribution in [0.25, 0.3) is 115 Å². The molecule has 0 amide bonds. The normalized spacial score (nSPS) is 17.3. The number of hydrogen-bond acceptors (Lipinski definition) is 11. The standard InChI is InChI=1S/C33H35BN3O.C27H31BN3O.C20H27BN2O.C16H18BN3O/c1-22(2)27-18-25(24-12-8-7-9-13-24)19-28(23(3)4)32(27)37-17-16-35(5)33(37)34-20-29-26-14-10-11-15-30(26)38-31(29)21-36(34)6;1-18(2)20-11-9-12-21(19(3)4)26(20)31-15-14-29(5)27(31)28-16-23-22-10-7-8-13-24(22)32-25(23)17-30(28)6;1-14-19(2,3)13-20(4,5)23(14)21-11-18-16(12-22(21)6)15-9-7-8-10-17(15)24-18;1-12-18(2)8-9-20(12)17-10-14-13-6-4-5-7-15(13)21-16(14)11-19(17)3/h7-23H,1-6H3;7-19H,1-6H3;7-12,14H,13H2,1-6H3;4-12H,1-3H3/q2*+1;;/t;;;12-/m...0/s1. The second-order valence-electron chi connectivity index (χ2n) is 35.2. The first-order valence-electron chi connectivity index (χ1n) is 41.2. The quantitative estimate of drug-likeness (QED) is 0.0916. The Labute approximate surface area is 679 Å². The predicted octanol–water partition coefficient (Wildman–Crippen LogP) is 11.9. The Morgan fingerprint density at radius 3 is 1.23 bits per heavy atom. The van der Waals surface area contributed by atoms with Gasteiger partial charge in [0.25, 0.3) is 0 Å². The van der Waals surface area contributed by atoms with Gasteiger partial charge in [-0.2, -0.15) is 0 Å². The van der Waals surface area contributed by atoms with E-state index in [4.69, 9.17) is 17.7 Å². The van der Waals surface area contributed by atoms with Crippen LogP contribution >= 0.6 is 0 Å². The summed E-state index contributed by atoms with van der Waals surface area (Å²) in [4.78, 5) is 16.3. The number of para-hydroxylation sites is 5. The van der Waals surface area contributed by atoms with Gasteiger partial charge in [0.1, 0.15) is 80.2 Å². The lowest BCUT2D eigenvalue weighted by molar-refractivity contribution is -0.653. The van der Waals surface area contributed by atoms with E-state index < -0.39 is 0 Å². The summed E-state index contributed by atoms with van der Waals surface area (Å²) in [6.07, 6.45) is 23.2. The fourth-order valence-corrected chi connectivity index (χ4v) is 18.9. The van der Waals surface area contributed by atoms with Crippen molar-refractivity contribution >= 4 is 132 Å². The number of rotatable bonds is 11. The zero-order valence-corrected chi connectivity index (χ0v) is 71.1. The monoisotopic (exact) mass is 1530 g/mol. The summed E-state index contributed by atoms with van der Waals surface area (Å²) in [5.74, 6) is 10.9. The Morgan fingerprint density at radius 2 is 0.809 bits per heavy atom. The Hall–Kier alpha value is -11.2. The first-order chi connectivity index (χ1) is 55.0. The maximum Gasteiger partial charge on any atom is 0.421 e. The van der Waals surface area contributed by atoms with Crippen molar-refractivity contribution < 1.29 is 26.8 Å². The lowest BCUT2D eigenvalue weighted by Gasteiger charge is -2.42. The minimum atomic E-state index is 0.0531. The number of aromatic nitrogens is 4. The highest BCUT2D eigenvalue weighted by atomic mass is 16.3. The van der Waals surface area contributed by atoms with Crippen molar-refractivity contribution in [1.82, 2.24) is 42.9 Å². The molecule has 6 aliphatic heterocycles. The Kier molecular flexibility index (Phi) is 20.7. The number of imidazole rings is 2. The van der Waals surface area contributed by atoms with Crippen LogP contribution in [0.15, 0.2) is 213 Å². The van der Waals surface area contributed by atoms with Gasteiger partial charge in [0.2, 0.25) is 11.4 Å². The van der Waals surface area contributed by atoms with Crippen molar-refractivity contribution in [1.29, 1.82) is 0 Å². The fraction of sp³-hybridized carbons (Fsp3) is 0.312. The number of furan rings is 4. The molecule has 0 N–H and O–H groups in total. The Morgan fingerprint density at radius 1 is 0.409 bits per heavy atom. The molecule has 0 saturated carbocycles.